The molecule has 18 heavy (non-hydrogen) atoms. The smallest absolute Gasteiger partial charge is 0.343 e. The van der Waals surface area contributed by atoms with E-state index >= 15 is 0 Å². The van der Waals surface area contributed by atoms with Gasteiger partial charge in [-0.05, 0) is 25.0 Å². The zero-order valence-electron chi connectivity index (χ0n) is 10.5. The average molecular weight is 250 g/mol. The molecule has 1 saturated carbocycles. The molecule has 0 unspecified atom stereocenters. The molecule has 0 bridgehead atoms. The Kier molecular flexibility index (Phi) is 3.81. The molecule has 5 nitrogen and oxygen atoms in total. The largest absolute Gasteiger partial charge is 0.475 e. The van der Waals surface area contributed by atoms with Crippen LogP contribution in [0.5, 0.6) is 5.88 Å². The number of hydrogen-bond acceptors (Lipinski definition) is 5. The number of ether oxygens (including phenoxy) is 2. The number of carbonyl (C=O) groups excluding carboxylic acids is 1. The Hall–Kier alpha value is -1.62. The van der Waals surface area contributed by atoms with Crippen LogP contribution in [0.1, 0.15) is 36.0 Å². The highest BCUT2D eigenvalue weighted by Gasteiger charge is 2.30. The number of aromatic nitrogens is 1. The van der Waals surface area contributed by atoms with Crippen LogP contribution in [0.2, 0.25) is 0 Å². The highest BCUT2D eigenvalue weighted by atomic mass is 16.5. The maximum absolute atomic E-state index is 11.5. The lowest BCUT2D eigenvalue weighted by Crippen LogP contribution is -2.42. The average Bonchev–Trinajstić information content (AvgIpc) is 2.83. The minimum Gasteiger partial charge on any atom is -0.475 e. The van der Waals surface area contributed by atoms with Crippen LogP contribution >= 0.6 is 0 Å². The molecule has 0 aromatic carbocycles. The Morgan fingerprint density at radius 1 is 1.50 bits per heavy atom. The van der Waals surface area contributed by atoms with Crippen molar-refractivity contribution in [3.8, 4) is 5.88 Å². The second kappa shape index (κ2) is 5.35. The first kappa shape index (κ1) is 12.8. The molecular weight excluding hydrogens is 232 g/mol. The van der Waals surface area contributed by atoms with E-state index in [-0.39, 0.29) is 5.54 Å². The molecule has 0 spiro atoms. The lowest BCUT2D eigenvalue weighted by atomic mass is 10.0. The van der Waals surface area contributed by atoms with Crippen LogP contribution in [-0.2, 0) is 4.74 Å². The third-order valence-corrected chi connectivity index (χ3v) is 3.27. The molecule has 5 heteroatoms. The van der Waals surface area contributed by atoms with Crippen molar-refractivity contribution in [1.82, 2.24) is 4.98 Å². The maximum Gasteiger partial charge on any atom is 0.343 e. The number of methoxy groups -OCH3 is 1. The summed E-state index contributed by atoms with van der Waals surface area (Å²) in [5.74, 6) is -0.156. The normalized spacial score (nSPS) is 17.4. The van der Waals surface area contributed by atoms with Gasteiger partial charge < -0.3 is 15.2 Å². The predicted molar refractivity (Wildman–Crippen MR) is 66.5 cm³/mol. The summed E-state index contributed by atoms with van der Waals surface area (Å²) in [6.07, 6.45) is 5.75. The minimum atomic E-state index is -0.449. The minimum absolute atomic E-state index is 0.287. The first-order chi connectivity index (χ1) is 8.64. The first-order valence-corrected chi connectivity index (χ1v) is 6.10. The van der Waals surface area contributed by atoms with Gasteiger partial charge in [0, 0.05) is 6.20 Å². The molecule has 0 aliphatic heterocycles. The summed E-state index contributed by atoms with van der Waals surface area (Å²) < 4.78 is 10.3. The zero-order chi connectivity index (χ0) is 13.0. The van der Waals surface area contributed by atoms with E-state index in [1.54, 1.807) is 18.3 Å². The summed E-state index contributed by atoms with van der Waals surface area (Å²) >= 11 is 0. The van der Waals surface area contributed by atoms with Gasteiger partial charge in [-0.25, -0.2) is 9.78 Å². The fourth-order valence-corrected chi connectivity index (χ4v) is 2.21. The van der Waals surface area contributed by atoms with Gasteiger partial charge in [-0.15, -0.1) is 0 Å². The molecule has 1 heterocycles. The molecule has 2 N–H and O–H groups in total. The van der Waals surface area contributed by atoms with Crippen molar-refractivity contribution in [3.63, 3.8) is 0 Å². The van der Waals surface area contributed by atoms with Gasteiger partial charge in [-0.1, -0.05) is 12.8 Å². The highest BCUT2D eigenvalue weighted by Crippen LogP contribution is 2.28. The van der Waals surface area contributed by atoms with Crippen LogP contribution in [0, 0.1) is 0 Å². The summed E-state index contributed by atoms with van der Waals surface area (Å²) in [6, 6.07) is 3.30. The molecule has 1 fully saturated rings. The lowest BCUT2D eigenvalue weighted by Gasteiger charge is -2.23. The molecule has 98 valence electrons. The van der Waals surface area contributed by atoms with Crippen molar-refractivity contribution in [2.24, 2.45) is 5.73 Å². The van der Waals surface area contributed by atoms with Gasteiger partial charge in [-0.2, -0.15) is 0 Å². The monoisotopic (exact) mass is 250 g/mol. The van der Waals surface area contributed by atoms with Crippen molar-refractivity contribution in [1.29, 1.82) is 0 Å². The van der Waals surface area contributed by atoms with Crippen molar-refractivity contribution < 1.29 is 14.3 Å². The van der Waals surface area contributed by atoms with Gasteiger partial charge in [-0.3, -0.25) is 0 Å². The van der Waals surface area contributed by atoms with Crippen LogP contribution < -0.4 is 10.5 Å². The second-order valence-electron chi connectivity index (χ2n) is 4.71. The molecular formula is C13H18N2O3. The van der Waals surface area contributed by atoms with E-state index in [0.717, 1.165) is 25.7 Å². The van der Waals surface area contributed by atoms with Crippen molar-refractivity contribution in [3.05, 3.63) is 23.9 Å². The molecule has 0 amide bonds. The van der Waals surface area contributed by atoms with Gasteiger partial charge in [0.25, 0.3) is 0 Å². The number of esters is 1. The quantitative estimate of drug-likeness (QED) is 0.820. The van der Waals surface area contributed by atoms with Crippen molar-refractivity contribution in [2.75, 3.05) is 13.7 Å². The highest BCUT2D eigenvalue weighted by molar-refractivity contribution is 5.91. The molecule has 0 saturated heterocycles. The Balaban J connectivity index is 2.07. The number of nitrogens with zero attached hydrogens (tertiary/aromatic N) is 1. The predicted octanol–water partition coefficient (Wildman–Crippen LogP) is 1.52. The Labute approximate surface area is 106 Å². The Morgan fingerprint density at radius 3 is 2.89 bits per heavy atom. The topological polar surface area (TPSA) is 74.4 Å². The standard InChI is InChI=1S/C13H18N2O3/c1-17-12(16)10-5-4-8-15-11(10)18-9-13(14)6-2-3-7-13/h4-5,8H,2-3,6-7,9,14H2,1H3. The van der Waals surface area contributed by atoms with E-state index in [9.17, 15) is 4.79 Å². The third kappa shape index (κ3) is 2.79. The molecule has 1 aliphatic rings. The molecule has 1 aromatic rings. The summed E-state index contributed by atoms with van der Waals surface area (Å²) in [5.41, 5.74) is 6.24. The number of nitrogens with two attached hydrogens (primary N) is 1. The van der Waals surface area contributed by atoms with E-state index in [0.29, 0.717) is 18.1 Å². The number of carbonyl (C=O) groups is 1. The van der Waals surface area contributed by atoms with Crippen LogP contribution in [0.4, 0.5) is 0 Å². The fourth-order valence-electron chi connectivity index (χ4n) is 2.21. The molecule has 2 rings (SSSR count). The van der Waals surface area contributed by atoms with E-state index < -0.39 is 5.97 Å². The van der Waals surface area contributed by atoms with Crippen LogP contribution in [0.3, 0.4) is 0 Å². The van der Waals surface area contributed by atoms with Crippen LogP contribution in [0.25, 0.3) is 0 Å². The molecule has 1 aliphatic carbocycles. The van der Waals surface area contributed by atoms with Crippen molar-refractivity contribution >= 4 is 5.97 Å². The number of rotatable bonds is 4. The van der Waals surface area contributed by atoms with Crippen LogP contribution in [-0.4, -0.2) is 30.2 Å². The fraction of sp³-hybridized carbons (Fsp3) is 0.538. The third-order valence-electron chi connectivity index (χ3n) is 3.27. The van der Waals surface area contributed by atoms with Gasteiger partial charge in [0.1, 0.15) is 12.2 Å². The maximum atomic E-state index is 11.5. The lowest BCUT2D eigenvalue weighted by molar-refractivity contribution is 0.0593. The van der Waals surface area contributed by atoms with Gasteiger partial charge in [0.15, 0.2) is 0 Å². The molecule has 1 aromatic heterocycles. The second-order valence-corrected chi connectivity index (χ2v) is 4.71. The summed E-state index contributed by atoms with van der Waals surface area (Å²) in [7, 11) is 1.33. The Morgan fingerprint density at radius 2 is 2.22 bits per heavy atom. The Bertz CT molecular complexity index is 428. The van der Waals surface area contributed by atoms with Crippen LogP contribution in [0.15, 0.2) is 18.3 Å². The van der Waals surface area contributed by atoms with Gasteiger partial charge in [0.05, 0.1) is 12.6 Å². The van der Waals surface area contributed by atoms with E-state index in [4.69, 9.17) is 10.5 Å². The van der Waals surface area contributed by atoms with E-state index in [2.05, 4.69) is 9.72 Å². The molecule has 0 radical (unpaired) electrons. The number of pyridine rings is 1. The van der Waals surface area contributed by atoms with Gasteiger partial charge in [0.2, 0.25) is 5.88 Å². The molecule has 0 atom stereocenters. The van der Waals surface area contributed by atoms with Crippen molar-refractivity contribution in [2.45, 2.75) is 31.2 Å². The SMILES string of the molecule is COC(=O)c1cccnc1OCC1(N)CCCC1. The zero-order valence-corrected chi connectivity index (χ0v) is 10.5. The summed E-state index contributed by atoms with van der Waals surface area (Å²) in [4.78, 5) is 15.6. The first-order valence-electron chi connectivity index (χ1n) is 6.10. The van der Waals surface area contributed by atoms with E-state index in [1.165, 1.54) is 7.11 Å². The summed E-state index contributed by atoms with van der Waals surface area (Å²) in [5, 5.41) is 0. The number of hydrogen-bond donors (Lipinski definition) is 1. The van der Waals surface area contributed by atoms with Gasteiger partial charge >= 0.3 is 5.97 Å². The summed E-state index contributed by atoms with van der Waals surface area (Å²) in [6.45, 7) is 0.383. The van der Waals surface area contributed by atoms with E-state index in [1.807, 2.05) is 0 Å².